The first-order chi connectivity index (χ1) is 12.5. The van der Waals surface area contributed by atoms with Crippen LogP contribution in [0.3, 0.4) is 0 Å². The van der Waals surface area contributed by atoms with E-state index in [2.05, 4.69) is 23.8 Å². The molecule has 0 aliphatic carbocycles. The summed E-state index contributed by atoms with van der Waals surface area (Å²) in [5.74, 6) is 0.0856. The molecule has 1 radical (unpaired) electrons. The van der Waals surface area contributed by atoms with Gasteiger partial charge in [-0.25, -0.2) is 24.1 Å². The number of nitrogens with two attached hydrogens (primary N) is 1. The molecule has 0 amide bonds. The zero-order chi connectivity index (χ0) is 20.0. The maximum absolute atomic E-state index is 11.5. The fraction of sp³-hybridized carbons (Fsp3) is 0.500. The number of fused-ring (bicyclic) bond motifs is 1. The molecule has 15 nitrogen and oxygen atoms in total. The first kappa shape index (κ1) is 23.8. The molecule has 1 aliphatic heterocycles. The summed E-state index contributed by atoms with van der Waals surface area (Å²) in [6.07, 6.45) is -3.20. The molecule has 7 N–H and O–H groups in total. The van der Waals surface area contributed by atoms with E-state index >= 15 is 0 Å². The Morgan fingerprint density at radius 3 is 2.50 bits per heavy atom. The Balaban J connectivity index is 0.00000280. The average molecular weight is 450 g/mol. The first-order valence-corrected chi connectivity index (χ1v) is 10.2. The van der Waals surface area contributed by atoms with Crippen LogP contribution in [0, 0.1) is 0 Å². The summed E-state index contributed by atoms with van der Waals surface area (Å²) >= 11 is 0. The molecule has 3 heterocycles. The van der Waals surface area contributed by atoms with E-state index in [0.29, 0.717) is 0 Å². The Kier molecular flexibility index (Phi) is 7.38. The molecule has 0 aromatic carbocycles. The van der Waals surface area contributed by atoms with Gasteiger partial charge in [0.15, 0.2) is 17.7 Å². The van der Waals surface area contributed by atoms with Crippen molar-refractivity contribution in [3.63, 3.8) is 0 Å². The van der Waals surface area contributed by atoms with Gasteiger partial charge >= 0.3 is 15.6 Å². The number of phosphoric acid groups is 2. The number of phosphoric ester groups is 1. The van der Waals surface area contributed by atoms with Gasteiger partial charge in [0.2, 0.25) is 0 Å². The number of nitrogen functional groups attached to an aromatic ring is 1. The van der Waals surface area contributed by atoms with Crippen molar-refractivity contribution in [2.24, 2.45) is 0 Å². The van der Waals surface area contributed by atoms with E-state index in [1.54, 1.807) is 0 Å². The molecule has 18 heteroatoms. The van der Waals surface area contributed by atoms with Crippen LogP contribution in [0.5, 0.6) is 0 Å². The molecule has 151 valence electrons. The second-order valence-corrected chi connectivity index (χ2v) is 8.30. The van der Waals surface area contributed by atoms with Crippen molar-refractivity contribution in [3.8, 4) is 0 Å². The number of hydrogen-bond acceptors (Lipinski definition) is 11. The molecule has 5 atom stereocenters. The minimum absolute atomic E-state index is 0. The predicted octanol–water partition coefficient (Wildman–Crippen LogP) is -2.13. The number of imidazole rings is 1. The molecule has 0 bridgehead atoms. The molecule has 5 unspecified atom stereocenters. The van der Waals surface area contributed by atoms with Gasteiger partial charge in [-0.1, -0.05) is 0 Å². The Morgan fingerprint density at radius 2 is 1.86 bits per heavy atom. The second kappa shape index (κ2) is 8.70. The van der Waals surface area contributed by atoms with Gasteiger partial charge < -0.3 is 35.4 Å². The second-order valence-electron chi connectivity index (χ2n) is 5.47. The molecule has 1 saturated heterocycles. The summed E-state index contributed by atoms with van der Waals surface area (Å²) in [5.41, 5.74) is 6.11. The monoisotopic (exact) mass is 450 g/mol. The summed E-state index contributed by atoms with van der Waals surface area (Å²) in [6.45, 7) is -0.813. The zero-order valence-corrected chi connectivity index (χ0v) is 18.0. The van der Waals surface area contributed by atoms with Gasteiger partial charge in [0.1, 0.15) is 30.2 Å². The van der Waals surface area contributed by atoms with Crippen LogP contribution in [0.15, 0.2) is 12.7 Å². The predicted molar refractivity (Wildman–Crippen MR) is 90.3 cm³/mol. The van der Waals surface area contributed by atoms with Crippen molar-refractivity contribution in [1.29, 1.82) is 0 Å². The maximum atomic E-state index is 11.5. The van der Waals surface area contributed by atoms with E-state index < -0.39 is 46.8 Å². The van der Waals surface area contributed by atoms with Crippen LogP contribution >= 0.6 is 15.6 Å². The summed E-state index contributed by atoms with van der Waals surface area (Å²) < 4.78 is 36.8. The van der Waals surface area contributed by atoms with Gasteiger partial charge in [-0.05, 0) is 0 Å². The summed E-state index contributed by atoms with van der Waals surface area (Å²) in [6, 6.07) is 0. The van der Waals surface area contributed by atoms with Crippen LogP contribution in [0.2, 0.25) is 0 Å². The number of ether oxygens (including phenoxy) is 1. The van der Waals surface area contributed by atoms with Crippen LogP contribution in [0.1, 0.15) is 6.23 Å². The van der Waals surface area contributed by atoms with Gasteiger partial charge in [-0.3, -0.25) is 9.09 Å². The van der Waals surface area contributed by atoms with Crippen LogP contribution in [-0.4, -0.2) is 98.9 Å². The van der Waals surface area contributed by atoms with Crippen molar-refractivity contribution in [1.82, 2.24) is 19.5 Å². The summed E-state index contributed by atoms with van der Waals surface area (Å²) in [7, 11) is -10.4. The van der Waals surface area contributed by atoms with Crippen molar-refractivity contribution in [2.75, 3.05) is 12.3 Å². The van der Waals surface area contributed by atoms with Crippen molar-refractivity contribution < 1.29 is 47.6 Å². The summed E-state index contributed by atoms with van der Waals surface area (Å²) in [4.78, 5) is 38.1. The average Bonchev–Trinajstić information content (AvgIpc) is 3.07. The van der Waals surface area contributed by atoms with Gasteiger partial charge in [0.05, 0.1) is 12.9 Å². The molecule has 0 spiro atoms. The number of aliphatic hydroxyl groups is 2. The Morgan fingerprint density at radius 1 is 1.18 bits per heavy atom. The number of aliphatic hydroxyl groups excluding tert-OH is 2. The zero-order valence-electron chi connectivity index (χ0n) is 14.2. The SMILES string of the molecule is Nc1ncnc2c1ncn2C1OC(COP(=O)(O)OP(=O)(O)O)C(O)C1O.[Na]. The Hall–Kier alpha value is -0.510. The molecule has 28 heavy (non-hydrogen) atoms. The molecule has 1 aliphatic rings. The van der Waals surface area contributed by atoms with E-state index in [1.165, 1.54) is 10.9 Å². The van der Waals surface area contributed by atoms with E-state index in [0.717, 1.165) is 6.33 Å². The molecular weight excluding hydrogens is 435 g/mol. The number of rotatable bonds is 6. The van der Waals surface area contributed by atoms with Crippen molar-refractivity contribution in [2.45, 2.75) is 24.5 Å². The van der Waals surface area contributed by atoms with Gasteiger partial charge in [-0.15, -0.1) is 0 Å². The third-order valence-corrected chi connectivity index (χ3v) is 5.76. The quantitative estimate of drug-likeness (QED) is 0.204. The van der Waals surface area contributed by atoms with Crippen LogP contribution in [0.4, 0.5) is 5.82 Å². The molecular formula is C10H15N5NaO10P2. The largest absolute Gasteiger partial charge is 0.481 e. The van der Waals surface area contributed by atoms with Crippen LogP contribution in [-0.2, 0) is 22.7 Å². The van der Waals surface area contributed by atoms with E-state index in [-0.39, 0.29) is 46.5 Å². The van der Waals surface area contributed by atoms with Gasteiger partial charge in [-0.2, -0.15) is 4.31 Å². The Labute approximate surface area is 178 Å². The summed E-state index contributed by atoms with van der Waals surface area (Å²) in [5, 5.41) is 20.3. The number of nitrogens with zero attached hydrogens (tertiary/aromatic N) is 4. The Bertz CT molecular complexity index is 938. The van der Waals surface area contributed by atoms with E-state index in [9.17, 15) is 24.2 Å². The smallest absolute Gasteiger partial charge is 0.387 e. The third-order valence-electron chi connectivity index (χ3n) is 3.61. The minimum atomic E-state index is -5.29. The fourth-order valence-electron chi connectivity index (χ4n) is 2.48. The molecule has 2 aromatic rings. The molecule has 2 aromatic heterocycles. The van der Waals surface area contributed by atoms with Crippen molar-refractivity contribution >= 4 is 62.2 Å². The standard InChI is InChI=1S/C10H15N5O10P2.Na/c11-8-5-9(13-2-12-8)15(3-14-5)10-7(17)6(16)4(24-10)1-23-27(21,22)25-26(18,19)20;/h2-4,6-7,10,16-17H,1H2,(H,21,22)(H2,11,12,13)(H2,18,19,20);. The first-order valence-electron chi connectivity index (χ1n) is 7.17. The maximum Gasteiger partial charge on any atom is 0.481 e. The molecule has 0 saturated carbocycles. The van der Waals surface area contributed by atoms with Gasteiger partial charge in [0.25, 0.3) is 0 Å². The van der Waals surface area contributed by atoms with Crippen LogP contribution < -0.4 is 5.73 Å². The van der Waals surface area contributed by atoms with E-state index in [1.807, 2.05) is 0 Å². The number of anilines is 1. The fourth-order valence-corrected chi connectivity index (χ4v) is 4.08. The number of hydrogen-bond donors (Lipinski definition) is 6. The van der Waals surface area contributed by atoms with E-state index in [4.69, 9.17) is 20.3 Å². The molecule has 1 fully saturated rings. The molecule has 3 rings (SSSR count). The van der Waals surface area contributed by atoms with Crippen molar-refractivity contribution in [3.05, 3.63) is 12.7 Å². The number of aromatic nitrogens is 4. The topological polar surface area (TPSA) is 233 Å². The van der Waals surface area contributed by atoms with Crippen LogP contribution in [0.25, 0.3) is 11.2 Å². The normalized spacial score (nSPS) is 27.5. The minimum Gasteiger partial charge on any atom is -0.387 e. The third kappa shape index (κ3) is 5.15. The van der Waals surface area contributed by atoms with Gasteiger partial charge in [0, 0.05) is 29.6 Å².